The zero-order valence-electron chi connectivity index (χ0n) is 19.9. The fourth-order valence-electron chi connectivity index (χ4n) is 3.45. The van der Waals surface area contributed by atoms with Crippen molar-refractivity contribution in [1.29, 1.82) is 5.26 Å². The van der Waals surface area contributed by atoms with E-state index in [1.54, 1.807) is 54.6 Å². The maximum absolute atomic E-state index is 12.9. The number of benzene rings is 3. The fourth-order valence-corrected chi connectivity index (χ4v) is 3.94. The summed E-state index contributed by atoms with van der Waals surface area (Å²) < 4.78 is 31.2. The Bertz CT molecular complexity index is 1550. The minimum absolute atomic E-state index is 0.157. The lowest BCUT2D eigenvalue weighted by atomic mass is 10.1. The molecule has 0 aliphatic carbocycles. The van der Waals surface area contributed by atoms with E-state index in [0.717, 1.165) is 12.7 Å². The number of nitriles is 1. The van der Waals surface area contributed by atoms with Crippen LogP contribution in [0.15, 0.2) is 85.1 Å². The number of nitrogens with one attached hydrogen (secondary N) is 2. The molecule has 0 spiro atoms. The Labute approximate surface area is 214 Å². The van der Waals surface area contributed by atoms with E-state index in [0.29, 0.717) is 34.9 Å². The van der Waals surface area contributed by atoms with Crippen molar-refractivity contribution in [2.24, 2.45) is 0 Å². The Balaban J connectivity index is 1.42. The molecule has 0 bridgehead atoms. The Morgan fingerprint density at radius 1 is 1.03 bits per heavy atom. The predicted molar refractivity (Wildman–Crippen MR) is 141 cm³/mol. The molecule has 0 unspecified atom stereocenters. The topological polar surface area (TPSA) is 134 Å². The summed E-state index contributed by atoms with van der Waals surface area (Å²) in [5.41, 5.74) is 2.84. The Kier molecular flexibility index (Phi) is 7.76. The smallest absolute Gasteiger partial charge is 0.255 e. The third-order valence-corrected chi connectivity index (χ3v) is 5.76. The molecule has 10 heteroatoms. The zero-order valence-corrected chi connectivity index (χ0v) is 20.7. The van der Waals surface area contributed by atoms with E-state index in [1.165, 1.54) is 11.8 Å². The summed E-state index contributed by atoms with van der Waals surface area (Å²) in [7, 11) is -3.66. The fraction of sp³-hybridized carbons (Fsp3) is 0.111. The molecule has 1 heterocycles. The van der Waals surface area contributed by atoms with Crippen LogP contribution in [0.2, 0.25) is 0 Å². The van der Waals surface area contributed by atoms with Crippen LogP contribution in [0, 0.1) is 11.3 Å². The monoisotopic (exact) mass is 513 g/mol. The van der Waals surface area contributed by atoms with Crippen molar-refractivity contribution in [3.63, 3.8) is 0 Å². The van der Waals surface area contributed by atoms with Gasteiger partial charge in [0.15, 0.2) is 11.5 Å². The van der Waals surface area contributed by atoms with Gasteiger partial charge in [-0.05, 0) is 42.0 Å². The molecule has 0 fully saturated rings. The number of carbonyl (C=O) groups is 1. The van der Waals surface area contributed by atoms with Crippen molar-refractivity contribution in [3.05, 3.63) is 102 Å². The van der Waals surface area contributed by atoms with Gasteiger partial charge < -0.3 is 10.1 Å². The number of amides is 1. The van der Waals surface area contributed by atoms with Gasteiger partial charge in [-0.25, -0.2) is 18.4 Å². The highest BCUT2D eigenvalue weighted by atomic mass is 32.2. The van der Waals surface area contributed by atoms with Gasteiger partial charge in [-0.15, -0.1) is 0 Å². The average molecular weight is 514 g/mol. The van der Waals surface area contributed by atoms with E-state index in [4.69, 9.17) is 4.74 Å². The zero-order chi connectivity index (χ0) is 26.3. The molecule has 4 aromatic rings. The number of aromatic nitrogens is 2. The van der Waals surface area contributed by atoms with Gasteiger partial charge in [0.05, 0.1) is 24.8 Å². The summed E-state index contributed by atoms with van der Waals surface area (Å²) in [6, 6.07) is 25.6. The predicted octanol–water partition coefficient (Wildman–Crippen LogP) is 4.26. The average Bonchev–Trinajstić information content (AvgIpc) is 2.89. The second kappa shape index (κ2) is 11.3. The molecular formula is C27H23N5O4S. The lowest BCUT2D eigenvalue weighted by molar-refractivity contribution is 0.102. The van der Waals surface area contributed by atoms with E-state index in [2.05, 4.69) is 32.1 Å². The molecule has 9 nitrogen and oxygen atoms in total. The van der Waals surface area contributed by atoms with Crippen LogP contribution in [-0.2, 0) is 16.4 Å². The maximum atomic E-state index is 12.9. The summed E-state index contributed by atoms with van der Waals surface area (Å²) >= 11 is 0. The molecule has 1 amide bonds. The second-order valence-electron chi connectivity index (χ2n) is 8.08. The molecular weight excluding hydrogens is 490 g/mol. The number of anilines is 2. The SMILES string of the molecule is CS(=O)(=O)Nc1nc(-c2cccc(C(=O)Nc3ccc(OCCc4ccccc4)cc3)c2)cnc1C#N. The van der Waals surface area contributed by atoms with Crippen molar-refractivity contribution in [3.8, 4) is 23.1 Å². The number of hydrogen-bond donors (Lipinski definition) is 2. The number of ether oxygens (including phenoxy) is 1. The quantitative estimate of drug-likeness (QED) is 0.341. The van der Waals surface area contributed by atoms with Crippen molar-refractivity contribution < 1.29 is 17.9 Å². The van der Waals surface area contributed by atoms with Gasteiger partial charge in [0.25, 0.3) is 5.91 Å². The summed E-state index contributed by atoms with van der Waals surface area (Å²) in [6.07, 6.45) is 3.10. The van der Waals surface area contributed by atoms with Gasteiger partial charge in [-0.3, -0.25) is 9.52 Å². The van der Waals surface area contributed by atoms with E-state index in [9.17, 15) is 18.5 Å². The van der Waals surface area contributed by atoms with Crippen LogP contribution in [0.1, 0.15) is 21.6 Å². The molecule has 2 N–H and O–H groups in total. The third-order valence-electron chi connectivity index (χ3n) is 5.20. The van der Waals surface area contributed by atoms with Gasteiger partial charge in [-0.1, -0.05) is 42.5 Å². The number of rotatable bonds is 9. The van der Waals surface area contributed by atoms with Crippen molar-refractivity contribution >= 4 is 27.4 Å². The highest BCUT2D eigenvalue weighted by molar-refractivity contribution is 7.92. The van der Waals surface area contributed by atoms with Crippen molar-refractivity contribution in [2.75, 3.05) is 22.9 Å². The van der Waals surface area contributed by atoms with Crippen LogP contribution in [0.25, 0.3) is 11.3 Å². The molecule has 4 rings (SSSR count). The van der Waals surface area contributed by atoms with Gasteiger partial charge in [0.1, 0.15) is 11.8 Å². The molecule has 37 heavy (non-hydrogen) atoms. The summed E-state index contributed by atoms with van der Waals surface area (Å²) in [6.45, 7) is 0.544. The molecule has 186 valence electrons. The van der Waals surface area contributed by atoms with Crippen molar-refractivity contribution in [2.45, 2.75) is 6.42 Å². The molecule has 0 saturated heterocycles. The van der Waals surface area contributed by atoms with E-state index in [-0.39, 0.29) is 17.4 Å². The van der Waals surface area contributed by atoms with Gasteiger partial charge in [0.2, 0.25) is 10.0 Å². The number of nitrogens with zero attached hydrogens (tertiary/aromatic N) is 3. The summed E-state index contributed by atoms with van der Waals surface area (Å²) in [5.74, 6) is 0.188. The number of carbonyl (C=O) groups excluding carboxylic acids is 1. The molecule has 0 atom stereocenters. The Morgan fingerprint density at radius 3 is 2.49 bits per heavy atom. The van der Waals surface area contributed by atoms with Crippen LogP contribution in [0.5, 0.6) is 5.75 Å². The van der Waals surface area contributed by atoms with Crippen LogP contribution in [0.4, 0.5) is 11.5 Å². The largest absolute Gasteiger partial charge is 0.493 e. The first-order valence-electron chi connectivity index (χ1n) is 11.2. The minimum atomic E-state index is -3.66. The number of sulfonamides is 1. The highest BCUT2D eigenvalue weighted by Gasteiger charge is 2.14. The molecule has 0 aliphatic rings. The first kappa shape index (κ1) is 25.3. The molecule has 0 saturated carbocycles. The summed E-state index contributed by atoms with van der Waals surface area (Å²) in [5, 5.41) is 12.0. The van der Waals surface area contributed by atoms with Crippen LogP contribution < -0.4 is 14.8 Å². The molecule has 3 aromatic carbocycles. The third kappa shape index (κ3) is 7.13. The highest BCUT2D eigenvalue weighted by Crippen LogP contribution is 2.23. The normalized spacial score (nSPS) is 10.8. The first-order chi connectivity index (χ1) is 17.8. The standard InChI is InChI=1S/C27H23N5O4S/c1-37(34,35)32-26-24(17-28)29-18-25(31-26)20-8-5-9-21(16-20)27(33)30-22-10-12-23(13-11-22)36-15-14-19-6-3-2-4-7-19/h2-13,16,18H,14-15H2,1H3,(H,30,33)(H,31,32). The van der Waals surface area contributed by atoms with Gasteiger partial charge in [0, 0.05) is 23.2 Å². The van der Waals surface area contributed by atoms with Gasteiger partial charge >= 0.3 is 0 Å². The molecule has 0 radical (unpaired) electrons. The Hall–Kier alpha value is -4.75. The minimum Gasteiger partial charge on any atom is -0.493 e. The maximum Gasteiger partial charge on any atom is 0.255 e. The van der Waals surface area contributed by atoms with Crippen LogP contribution >= 0.6 is 0 Å². The first-order valence-corrected chi connectivity index (χ1v) is 13.1. The number of hydrogen-bond acceptors (Lipinski definition) is 7. The van der Waals surface area contributed by atoms with E-state index >= 15 is 0 Å². The lowest BCUT2D eigenvalue weighted by Crippen LogP contribution is -2.13. The van der Waals surface area contributed by atoms with Crippen LogP contribution in [-0.4, -0.2) is 37.2 Å². The lowest BCUT2D eigenvalue weighted by Gasteiger charge is -2.10. The Morgan fingerprint density at radius 2 is 1.78 bits per heavy atom. The van der Waals surface area contributed by atoms with Crippen LogP contribution in [0.3, 0.4) is 0 Å². The van der Waals surface area contributed by atoms with Gasteiger partial charge in [-0.2, -0.15) is 5.26 Å². The van der Waals surface area contributed by atoms with Crippen molar-refractivity contribution in [1.82, 2.24) is 9.97 Å². The summed E-state index contributed by atoms with van der Waals surface area (Å²) in [4.78, 5) is 21.1. The second-order valence-corrected chi connectivity index (χ2v) is 9.83. The van der Waals surface area contributed by atoms with E-state index in [1.807, 2.05) is 18.2 Å². The molecule has 1 aromatic heterocycles. The molecule has 0 aliphatic heterocycles. The van der Waals surface area contributed by atoms with E-state index < -0.39 is 10.0 Å².